The summed E-state index contributed by atoms with van der Waals surface area (Å²) in [6.07, 6.45) is 0.396. The Kier molecular flexibility index (Phi) is 3.16. The lowest BCUT2D eigenvalue weighted by Crippen LogP contribution is -2.24. The van der Waals surface area contributed by atoms with Crippen molar-refractivity contribution in [1.82, 2.24) is 14.9 Å². The molecule has 4 heteroatoms. The average Bonchev–Trinajstić information content (AvgIpc) is 2.80. The lowest BCUT2D eigenvalue weighted by molar-refractivity contribution is -0.127. The number of fused-ring (bicyclic) bond motifs is 3. The smallest absolute Gasteiger partial charge is 0.226 e. The van der Waals surface area contributed by atoms with Crippen molar-refractivity contribution >= 4 is 27.8 Å². The second-order valence-electron chi connectivity index (χ2n) is 5.66. The van der Waals surface area contributed by atoms with E-state index in [1.165, 1.54) is 0 Å². The molecular formula is C17H19N3O. The summed E-state index contributed by atoms with van der Waals surface area (Å²) in [5.41, 5.74) is 5.07. The number of hydrogen-bond donors (Lipinski definition) is 1. The van der Waals surface area contributed by atoms with E-state index in [0.29, 0.717) is 6.42 Å². The van der Waals surface area contributed by atoms with Crippen LogP contribution in [0.3, 0.4) is 0 Å². The number of benzene rings is 1. The molecular weight excluding hydrogens is 262 g/mol. The van der Waals surface area contributed by atoms with E-state index in [1.54, 1.807) is 19.0 Å². The van der Waals surface area contributed by atoms with Gasteiger partial charge in [-0.3, -0.25) is 4.79 Å². The zero-order chi connectivity index (χ0) is 15.1. The van der Waals surface area contributed by atoms with Gasteiger partial charge in [0.25, 0.3) is 0 Å². The molecule has 108 valence electrons. The first-order valence-electron chi connectivity index (χ1n) is 7.05. The second-order valence-corrected chi connectivity index (χ2v) is 5.66. The number of nitrogens with zero attached hydrogens (tertiary/aromatic N) is 2. The lowest BCUT2D eigenvalue weighted by atomic mass is 9.99. The van der Waals surface area contributed by atoms with Crippen molar-refractivity contribution in [1.29, 1.82) is 0 Å². The van der Waals surface area contributed by atoms with Crippen LogP contribution in [0.2, 0.25) is 0 Å². The van der Waals surface area contributed by atoms with Crippen LogP contribution in [0.1, 0.15) is 16.8 Å². The molecule has 1 aromatic carbocycles. The van der Waals surface area contributed by atoms with Gasteiger partial charge in [0.15, 0.2) is 0 Å². The molecule has 0 spiro atoms. The van der Waals surface area contributed by atoms with E-state index in [4.69, 9.17) is 0 Å². The maximum absolute atomic E-state index is 12.0. The fraction of sp³-hybridized carbons (Fsp3) is 0.294. The molecule has 2 aromatic heterocycles. The van der Waals surface area contributed by atoms with E-state index in [9.17, 15) is 4.79 Å². The summed E-state index contributed by atoms with van der Waals surface area (Å²) in [5.74, 6) is 0.0993. The molecule has 1 amide bonds. The standard InChI is InChI=1S/C17H19N3O/c1-10-13(9-15(21)20(3)4)11(2)18-17-16(10)12-7-5-6-8-14(12)19-17/h5-8H,9H2,1-4H3,(H,18,19). The highest BCUT2D eigenvalue weighted by atomic mass is 16.2. The highest BCUT2D eigenvalue weighted by Crippen LogP contribution is 2.30. The number of rotatable bonds is 2. The van der Waals surface area contributed by atoms with Crippen molar-refractivity contribution in [2.45, 2.75) is 20.3 Å². The van der Waals surface area contributed by atoms with Crippen molar-refractivity contribution in [3.05, 3.63) is 41.1 Å². The molecule has 0 radical (unpaired) electrons. The molecule has 0 aliphatic carbocycles. The number of para-hydroxylation sites is 1. The summed E-state index contributed by atoms with van der Waals surface area (Å²) >= 11 is 0. The van der Waals surface area contributed by atoms with E-state index >= 15 is 0 Å². The summed E-state index contributed by atoms with van der Waals surface area (Å²) in [7, 11) is 3.56. The summed E-state index contributed by atoms with van der Waals surface area (Å²) in [6, 6.07) is 8.18. The maximum atomic E-state index is 12.0. The molecule has 1 N–H and O–H groups in total. The normalized spacial score (nSPS) is 11.2. The fourth-order valence-corrected chi connectivity index (χ4v) is 2.82. The predicted molar refractivity (Wildman–Crippen MR) is 85.5 cm³/mol. The Balaban J connectivity index is 2.26. The number of aromatic amines is 1. The van der Waals surface area contributed by atoms with Crippen LogP contribution < -0.4 is 0 Å². The molecule has 2 heterocycles. The minimum atomic E-state index is 0.0993. The topological polar surface area (TPSA) is 49.0 Å². The molecule has 0 unspecified atom stereocenters. The molecule has 0 saturated heterocycles. The third-order valence-corrected chi connectivity index (χ3v) is 4.06. The molecule has 3 aromatic rings. The molecule has 0 fully saturated rings. The van der Waals surface area contributed by atoms with Crippen molar-refractivity contribution in [3.63, 3.8) is 0 Å². The van der Waals surface area contributed by atoms with Gasteiger partial charge in [0.2, 0.25) is 5.91 Å². The quantitative estimate of drug-likeness (QED) is 0.785. The predicted octanol–water partition coefficient (Wildman–Crippen LogP) is 2.96. The Hall–Kier alpha value is -2.36. The molecule has 3 rings (SSSR count). The molecule has 21 heavy (non-hydrogen) atoms. The largest absolute Gasteiger partial charge is 0.349 e. The number of H-pyrrole nitrogens is 1. The SMILES string of the molecule is Cc1nc2[nH]c3ccccc3c2c(C)c1CC(=O)N(C)C. The Labute approximate surface area is 123 Å². The average molecular weight is 281 g/mol. The van der Waals surface area contributed by atoms with Crippen molar-refractivity contribution in [2.24, 2.45) is 0 Å². The number of nitrogens with one attached hydrogen (secondary N) is 1. The Morgan fingerprint density at radius 2 is 1.95 bits per heavy atom. The number of aryl methyl sites for hydroxylation is 2. The molecule has 0 bridgehead atoms. The van der Waals surface area contributed by atoms with Crippen LogP contribution in [0.4, 0.5) is 0 Å². The Morgan fingerprint density at radius 3 is 2.67 bits per heavy atom. The number of hydrogen-bond acceptors (Lipinski definition) is 2. The van der Waals surface area contributed by atoms with E-state index < -0.39 is 0 Å². The van der Waals surface area contributed by atoms with Crippen LogP contribution in [0, 0.1) is 13.8 Å². The number of carbonyl (C=O) groups excluding carboxylic acids is 1. The first-order valence-corrected chi connectivity index (χ1v) is 7.05. The summed E-state index contributed by atoms with van der Waals surface area (Å²) in [6.45, 7) is 4.05. The van der Waals surface area contributed by atoms with Crippen LogP contribution in [0.5, 0.6) is 0 Å². The van der Waals surface area contributed by atoms with E-state index in [1.807, 2.05) is 19.1 Å². The summed E-state index contributed by atoms with van der Waals surface area (Å²) in [4.78, 5) is 21.7. The van der Waals surface area contributed by atoms with Crippen LogP contribution in [-0.2, 0) is 11.2 Å². The van der Waals surface area contributed by atoms with Gasteiger partial charge in [-0.05, 0) is 31.0 Å². The fourth-order valence-electron chi connectivity index (χ4n) is 2.82. The number of likely N-dealkylation sites (N-methyl/N-ethyl adjacent to an activating group) is 1. The zero-order valence-corrected chi connectivity index (χ0v) is 12.8. The first-order chi connectivity index (χ1) is 9.99. The molecule has 0 aliphatic heterocycles. The summed E-state index contributed by atoms with van der Waals surface area (Å²) in [5, 5.41) is 2.29. The van der Waals surface area contributed by atoms with Gasteiger partial charge in [0, 0.05) is 36.1 Å². The second kappa shape index (κ2) is 4.88. The van der Waals surface area contributed by atoms with E-state index in [0.717, 1.165) is 38.8 Å². The third kappa shape index (κ3) is 2.17. The number of aromatic nitrogens is 2. The number of amides is 1. The molecule has 4 nitrogen and oxygen atoms in total. The number of carbonyl (C=O) groups is 1. The van der Waals surface area contributed by atoms with E-state index in [2.05, 4.69) is 29.0 Å². The van der Waals surface area contributed by atoms with Gasteiger partial charge in [-0.25, -0.2) is 4.98 Å². The van der Waals surface area contributed by atoms with Gasteiger partial charge in [0.1, 0.15) is 5.65 Å². The van der Waals surface area contributed by atoms with Gasteiger partial charge >= 0.3 is 0 Å². The van der Waals surface area contributed by atoms with Crippen LogP contribution in [0.15, 0.2) is 24.3 Å². The monoisotopic (exact) mass is 281 g/mol. The van der Waals surface area contributed by atoms with Crippen molar-refractivity contribution in [2.75, 3.05) is 14.1 Å². The van der Waals surface area contributed by atoms with Gasteiger partial charge in [-0.15, -0.1) is 0 Å². The molecule has 0 atom stereocenters. The zero-order valence-electron chi connectivity index (χ0n) is 12.8. The van der Waals surface area contributed by atoms with Crippen molar-refractivity contribution in [3.8, 4) is 0 Å². The minimum Gasteiger partial charge on any atom is -0.349 e. The van der Waals surface area contributed by atoms with Crippen molar-refractivity contribution < 1.29 is 4.79 Å². The van der Waals surface area contributed by atoms with Crippen LogP contribution in [-0.4, -0.2) is 34.9 Å². The minimum absolute atomic E-state index is 0.0993. The molecule has 0 aliphatic rings. The van der Waals surface area contributed by atoms with Gasteiger partial charge in [0.05, 0.1) is 6.42 Å². The molecule has 0 saturated carbocycles. The Bertz CT molecular complexity index is 846. The highest BCUT2D eigenvalue weighted by molar-refractivity contribution is 6.08. The summed E-state index contributed by atoms with van der Waals surface area (Å²) < 4.78 is 0. The van der Waals surface area contributed by atoms with E-state index in [-0.39, 0.29) is 5.91 Å². The highest BCUT2D eigenvalue weighted by Gasteiger charge is 2.16. The van der Waals surface area contributed by atoms with Crippen LogP contribution in [0.25, 0.3) is 21.9 Å². The lowest BCUT2D eigenvalue weighted by Gasteiger charge is -2.14. The van der Waals surface area contributed by atoms with Gasteiger partial charge in [-0.2, -0.15) is 0 Å². The van der Waals surface area contributed by atoms with Gasteiger partial charge < -0.3 is 9.88 Å². The first kappa shape index (κ1) is 13.6. The maximum Gasteiger partial charge on any atom is 0.226 e. The third-order valence-electron chi connectivity index (χ3n) is 4.06. The van der Waals surface area contributed by atoms with Gasteiger partial charge in [-0.1, -0.05) is 18.2 Å². The number of pyridine rings is 1. The Morgan fingerprint density at radius 1 is 1.24 bits per heavy atom. The van der Waals surface area contributed by atoms with Crippen LogP contribution >= 0.6 is 0 Å².